The number of anilines is 1. The van der Waals surface area contributed by atoms with E-state index in [0.29, 0.717) is 6.61 Å². The van der Waals surface area contributed by atoms with Crippen LogP contribution in [0.25, 0.3) is 0 Å². The molecule has 21 heavy (non-hydrogen) atoms. The smallest absolute Gasteiger partial charge is 0.132 e. The van der Waals surface area contributed by atoms with Gasteiger partial charge >= 0.3 is 0 Å². The molecule has 0 saturated carbocycles. The molecule has 0 amide bonds. The van der Waals surface area contributed by atoms with Gasteiger partial charge in [-0.25, -0.2) is 8.78 Å². The lowest BCUT2D eigenvalue weighted by molar-refractivity contribution is 0.357. The van der Waals surface area contributed by atoms with Gasteiger partial charge in [0.1, 0.15) is 17.4 Å². The number of fused-ring (bicyclic) bond motifs is 1. The van der Waals surface area contributed by atoms with Gasteiger partial charge in [-0.05, 0) is 35.9 Å². The van der Waals surface area contributed by atoms with E-state index >= 15 is 0 Å². The SMILES string of the molecule is N#Cc1cc(F)c(CNc2ccc3c(c2)CCO3)c(F)c1. The van der Waals surface area contributed by atoms with Crippen molar-refractivity contribution >= 4 is 5.69 Å². The van der Waals surface area contributed by atoms with Crippen molar-refractivity contribution < 1.29 is 13.5 Å². The Morgan fingerprint density at radius 3 is 2.67 bits per heavy atom. The minimum absolute atomic E-state index is 0.0169. The van der Waals surface area contributed by atoms with Gasteiger partial charge in [-0.2, -0.15) is 5.26 Å². The Kier molecular flexibility index (Phi) is 3.44. The zero-order chi connectivity index (χ0) is 14.8. The third-order valence-electron chi connectivity index (χ3n) is 3.43. The number of nitriles is 1. The van der Waals surface area contributed by atoms with Crippen LogP contribution in [0.4, 0.5) is 14.5 Å². The molecule has 0 fully saturated rings. The molecular weight excluding hydrogens is 274 g/mol. The lowest BCUT2D eigenvalue weighted by Crippen LogP contribution is -2.05. The fourth-order valence-electron chi connectivity index (χ4n) is 2.32. The first-order valence-electron chi connectivity index (χ1n) is 6.55. The molecule has 1 aliphatic heterocycles. The maximum Gasteiger partial charge on any atom is 0.132 e. The highest BCUT2D eigenvalue weighted by Gasteiger charge is 2.14. The van der Waals surface area contributed by atoms with Gasteiger partial charge in [0.2, 0.25) is 0 Å². The van der Waals surface area contributed by atoms with Crippen LogP contribution in [0.1, 0.15) is 16.7 Å². The molecule has 0 aliphatic carbocycles. The molecule has 0 bridgehead atoms. The molecule has 0 aromatic heterocycles. The van der Waals surface area contributed by atoms with Crippen LogP contribution in [-0.2, 0) is 13.0 Å². The zero-order valence-electron chi connectivity index (χ0n) is 11.1. The number of benzene rings is 2. The number of hydrogen-bond donors (Lipinski definition) is 1. The summed E-state index contributed by atoms with van der Waals surface area (Å²) in [4.78, 5) is 0. The maximum absolute atomic E-state index is 13.8. The summed E-state index contributed by atoms with van der Waals surface area (Å²) in [5, 5.41) is 11.7. The van der Waals surface area contributed by atoms with Crippen molar-refractivity contribution in [1.29, 1.82) is 5.26 Å². The van der Waals surface area contributed by atoms with Gasteiger partial charge in [0, 0.05) is 24.2 Å². The van der Waals surface area contributed by atoms with E-state index in [1.807, 2.05) is 18.2 Å². The van der Waals surface area contributed by atoms with E-state index in [9.17, 15) is 8.78 Å². The van der Waals surface area contributed by atoms with E-state index in [1.54, 1.807) is 6.07 Å². The molecule has 2 aromatic carbocycles. The summed E-state index contributed by atoms with van der Waals surface area (Å²) in [6, 6.07) is 9.37. The zero-order valence-corrected chi connectivity index (χ0v) is 11.1. The fourth-order valence-corrected chi connectivity index (χ4v) is 2.32. The van der Waals surface area contributed by atoms with Gasteiger partial charge in [-0.15, -0.1) is 0 Å². The average molecular weight is 286 g/mol. The van der Waals surface area contributed by atoms with Crippen molar-refractivity contribution in [2.45, 2.75) is 13.0 Å². The van der Waals surface area contributed by atoms with Gasteiger partial charge in [0.15, 0.2) is 0 Å². The van der Waals surface area contributed by atoms with Crippen molar-refractivity contribution in [2.24, 2.45) is 0 Å². The third kappa shape index (κ3) is 2.65. The molecule has 0 atom stereocenters. The second kappa shape index (κ2) is 5.41. The molecule has 0 unspecified atom stereocenters. The first-order chi connectivity index (χ1) is 10.2. The Labute approximate surface area is 120 Å². The molecule has 1 N–H and O–H groups in total. The van der Waals surface area contributed by atoms with Crippen LogP contribution in [-0.4, -0.2) is 6.61 Å². The van der Waals surface area contributed by atoms with E-state index in [4.69, 9.17) is 10.00 Å². The molecule has 2 aromatic rings. The number of nitrogens with zero attached hydrogens (tertiary/aromatic N) is 1. The Balaban J connectivity index is 1.78. The standard InChI is InChI=1S/C16H12F2N2O/c17-14-5-10(8-19)6-15(18)13(14)9-20-12-1-2-16-11(7-12)3-4-21-16/h1-2,5-7,20H,3-4,9H2. The van der Waals surface area contributed by atoms with Crippen LogP contribution in [0.2, 0.25) is 0 Å². The van der Waals surface area contributed by atoms with Gasteiger partial charge in [0.05, 0.1) is 18.2 Å². The van der Waals surface area contributed by atoms with Crippen LogP contribution >= 0.6 is 0 Å². The van der Waals surface area contributed by atoms with Gasteiger partial charge in [-0.3, -0.25) is 0 Å². The molecule has 0 saturated heterocycles. The predicted octanol–water partition coefficient (Wildman–Crippen LogP) is 3.38. The van der Waals surface area contributed by atoms with Crippen LogP contribution in [0.15, 0.2) is 30.3 Å². The van der Waals surface area contributed by atoms with Crippen molar-refractivity contribution in [2.75, 3.05) is 11.9 Å². The molecule has 106 valence electrons. The highest BCUT2D eigenvalue weighted by atomic mass is 19.1. The van der Waals surface area contributed by atoms with Crippen LogP contribution in [0, 0.1) is 23.0 Å². The van der Waals surface area contributed by atoms with Crippen molar-refractivity contribution in [3.05, 3.63) is 58.7 Å². The van der Waals surface area contributed by atoms with E-state index < -0.39 is 11.6 Å². The van der Waals surface area contributed by atoms with Crippen molar-refractivity contribution in [3.63, 3.8) is 0 Å². The van der Waals surface area contributed by atoms with E-state index in [1.165, 1.54) is 0 Å². The number of ether oxygens (including phenoxy) is 1. The Bertz CT molecular complexity index is 715. The number of nitrogens with one attached hydrogen (secondary N) is 1. The average Bonchev–Trinajstić information content (AvgIpc) is 2.93. The third-order valence-corrected chi connectivity index (χ3v) is 3.43. The van der Waals surface area contributed by atoms with Gasteiger partial charge in [-0.1, -0.05) is 0 Å². The minimum Gasteiger partial charge on any atom is -0.493 e. The normalized spacial score (nSPS) is 12.4. The number of rotatable bonds is 3. The van der Waals surface area contributed by atoms with Gasteiger partial charge in [0.25, 0.3) is 0 Å². The van der Waals surface area contributed by atoms with Crippen LogP contribution in [0.5, 0.6) is 5.75 Å². The molecule has 5 heteroatoms. The summed E-state index contributed by atoms with van der Waals surface area (Å²) in [5.74, 6) is -0.580. The van der Waals surface area contributed by atoms with Crippen LogP contribution < -0.4 is 10.1 Å². The van der Waals surface area contributed by atoms with E-state index in [-0.39, 0.29) is 17.7 Å². The molecule has 1 heterocycles. The Morgan fingerprint density at radius 2 is 1.95 bits per heavy atom. The maximum atomic E-state index is 13.8. The molecular formula is C16H12F2N2O. The molecule has 1 aliphatic rings. The molecule has 3 nitrogen and oxygen atoms in total. The first-order valence-corrected chi connectivity index (χ1v) is 6.55. The quantitative estimate of drug-likeness (QED) is 0.940. The van der Waals surface area contributed by atoms with E-state index in [0.717, 1.165) is 35.6 Å². The second-order valence-electron chi connectivity index (χ2n) is 4.80. The lowest BCUT2D eigenvalue weighted by atomic mass is 10.1. The largest absolute Gasteiger partial charge is 0.493 e. The minimum atomic E-state index is -0.719. The molecule has 0 radical (unpaired) electrons. The predicted molar refractivity (Wildman–Crippen MR) is 74.0 cm³/mol. The highest BCUT2D eigenvalue weighted by molar-refractivity contribution is 5.52. The van der Waals surface area contributed by atoms with Gasteiger partial charge < -0.3 is 10.1 Å². The summed E-state index contributed by atoms with van der Waals surface area (Å²) >= 11 is 0. The molecule has 0 spiro atoms. The number of halogens is 2. The lowest BCUT2D eigenvalue weighted by Gasteiger charge is -2.10. The fraction of sp³-hybridized carbons (Fsp3) is 0.188. The second-order valence-corrected chi connectivity index (χ2v) is 4.80. The van der Waals surface area contributed by atoms with Crippen molar-refractivity contribution in [1.82, 2.24) is 0 Å². The topological polar surface area (TPSA) is 45.0 Å². The summed E-state index contributed by atoms with van der Waals surface area (Å²) in [5.41, 5.74) is 1.76. The monoisotopic (exact) mass is 286 g/mol. The summed E-state index contributed by atoms with van der Waals surface area (Å²) in [7, 11) is 0. The summed E-state index contributed by atoms with van der Waals surface area (Å²) in [6.45, 7) is 0.681. The Morgan fingerprint density at radius 1 is 1.19 bits per heavy atom. The highest BCUT2D eigenvalue weighted by Crippen LogP contribution is 2.28. The summed E-state index contributed by atoms with van der Waals surface area (Å²) in [6.07, 6.45) is 0.838. The number of hydrogen-bond acceptors (Lipinski definition) is 3. The van der Waals surface area contributed by atoms with Crippen LogP contribution in [0.3, 0.4) is 0 Å². The van der Waals surface area contributed by atoms with E-state index in [2.05, 4.69) is 5.32 Å². The first kappa shape index (κ1) is 13.4. The summed E-state index contributed by atoms with van der Waals surface area (Å²) < 4.78 is 32.9. The Hall–Kier alpha value is -2.61. The van der Waals surface area contributed by atoms with Crippen molar-refractivity contribution in [3.8, 4) is 11.8 Å². The molecule has 3 rings (SSSR count).